The fourth-order valence-electron chi connectivity index (χ4n) is 6.50. The van der Waals surface area contributed by atoms with Crippen molar-refractivity contribution >= 4 is 0 Å². The van der Waals surface area contributed by atoms with E-state index in [1.807, 2.05) is 0 Å². The summed E-state index contributed by atoms with van der Waals surface area (Å²) in [7, 11) is 0. The summed E-state index contributed by atoms with van der Waals surface area (Å²) in [6.45, 7) is 9.40. The Kier molecular flexibility index (Phi) is 28.6. The molecule has 0 saturated heterocycles. The molecule has 1 rings (SSSR count). The van der Waals surface area contributed by atoms with Gasteiger partial charge in [-0.1, -0.05) is 181 Å². The average molecular weight is 574 g/mol. The highest BCUT2D eigenvalue weighted by Gasteiger charge is 2.16. The summed E-state index contributed by atoms with van der Waals surface area (Å²) in [4.78, 5) is 0. The second-order valence-corrected chi connectivity index (χ2v) is 13.4. The number of unbranched alkanes of at least 4 members (excludes halogenated alkanes) is 27. The van der Waals surface area contributed by atoms with Crippen LogP contribution in [0.2, 0.25) is 0 Å². The van der Waals surface area contributed by atoms with Gasteiger partial charge in [0.05, 0.1) is 13.1 Å². The van der Waals surface area contributed by atoms with Gasteiger partial charge in [-0.3, -0.25) is 0 Å². The Labute approximate surface area is 259 Å². The molecular weight excluding hydrogens is 496 g/mol. The standard InChI is InChI=1S/C39H77N2/c1-4-7-10-13-16-19-20-21-22-24-27-30-33-36-41-38-37-40(35-32-29-26-18-15-12-9-6-3)39(41)34-31-28-25-23-17-14-11-8-5-2/h37-38H,4-36H2,1-3H3/q+1. The van der Waals surface area contributed by atoms with Gasteiger partial charge in [0, 0.05) is 6.42 Å². The topological polar surface area (TPSA) is 8.81 Å². The van der Waals surface area contributed by atoms with E-state index >= 15 is 0 Å². The van der Waals surface area contributed by atoms with Gasteiger partial charge < -0.3 is 0 Å². The van der Waals surface area contributed by atoms with Crippen molar-refractivity contribution < 1.29 is 4.57 Å². The highest BCUT2D eigenvalue weighted by molar-refractivity contribution is 4.84. The van der Waals surface area contributed by atoms with E-state index in [2.05, 4.69) is 42.3 Å². The first-order valence-corrected chi connectivity index (χ1v) is 19.4. The van der Waals surface area contributed by atoms with E-state index in [0.717, 1.165) is 0 Å². The molecule has 0 radical (unpaired) electrons. The summed E-state index contributed by atoms with van der Waals surface area (Å²) >= 11 is 0. The zero-order chi connectivity index (χ0) is 29.5. The lowest BCUT2D eigenvalue weighted by molar-refractivity contribution is -0.704. The van der Waals surface area contributed by atoms with E-state index in [-0.39, 0.29) is 0 Å². The molecule has 242 valence electrons. The van der Waals surface area contributed by atoms with Gasteiger partial charge in [0.15, 0.2) is 0 Å². The second kappa shape index (κ2) is 30.7. The fourth-order valence-corrected chi connectivity index (χ4v) is 6.50. The van der Waals surface area contributed by atoms with Crippen molar-refractivity contribution in [3.05, 3.63) is 18.2 Å². The van der Waals surface area contributed by atoms with Crippen LogP contribution in [-0.2, 0) is 19.5 Å². The number of hydrogen-bond acceptors (Lipinski definition) is 0. The normalized spacial score (nSPS) is 11.6. The zero-order valence-corrected chi connectivity index (χ0v) is 28.9. The quantitative estimate of drug-likeness (QED) is 0.0584. The van der Waals surface area contributed by atoms with Crippen LogP contribution in [0.3, 0.4) is 0 Å². The number of imidazole rings is 1. The molecule has 0 aliphatic rings. The first-order valence-electron chi connectivity index (χ1n) is 19.4. The lowest BCUT2D eigenvalue weighted by Gasteiger charge is -2.07. The third kappa shape index (κ3) is 23.4. The van der Waals surface area contributed by atoms with Gasteiger partial charge in [-0.05, 0) is 32.1 Å². The Morgan fingerprint density at radius 2 is 0.756 bits per heavy atom. The molecule has 1 aromatic rings. The van der Waals surface area contributed by atoms with E-state index in [1.165, 1.54) is 212 Å². The second-order valence-electron chi connectivity index (χ2n) is 13.4. The van der Waals surface area contributed by atoms with E-state index < -0.39 is 0 Å². The molecule has 0 fully saturated rings. The van der Waals surface area contributed by atoms with Crippen LogP contribution in [0.25, 0.3) is 0 Å². The van der Waals surface area contributed by atoms with E-state index in [4.69, 9.17) is 0 Å². The van der Waals surface area contributed by atoms with Crippen LogP contribution in [0.5, 0.6) is 0 Å². The molecule has 2 heteroatoms. The van der Waals surface area contributed by atoms with Crippen molar-refractivity contribution in [3.8, 4) is 0 Å². The van der Waals surface area contributed by atoms with Crippen LogP contribution in [0.4, 0.5) is 0 Å². The summed E-state index contributed by atoms with van der Waals surface area (Å²) in [5.41, 5.74) is 0. The summed E-state index contributed by atoms with van der Waals surface area (Å²) in [6, 6.07) is 0. The monoisotopic (exact) mass is 574 g/mol. The van der Waals surface area contributed by atoms with Crippen LogP contribution in [0.1, 0.15) is 219 Å². The first-order chi connectivity index (χ1) is 20.3. The summed E-state index contributed by atoms with van der Waals surface area (Å²) < 4.78 is 5.26. The van der Waals surface area contributed by atoms with Crippen molar-refractivity contribution in [1.82, 2.24) is 4.57 Å². The Hall–Kier alpha value is -0.790. The van der Waals surface area contributed by atoms with Crippen molar-refractivity contribution in [2.45, 2.75) is 233 Å². The molecule has 1 aromatic heterocycles. The van der Waals surface area contributed by atoms with Gasteiger partial charge in [0.1, 0.15) is 12.4 Å². The molecule has 0 atom stereocenters. The van der Waals surface area contributed by atoms with E-state index in [1.54, 1.807) is 5.82 Å². The average Bonchev–Trinajstić information content (AvgIpc) is 3.37. The molecule has 0 aromatic carbocycles. The highest BCUT2D eigenvalue weighted by Crippen LogP contribution is 2.15. The maximum absolute atomic E-state index is 2.63. The maximum Gasteiger partial charge on any atom is 0.256 e. The van der Waals surface area contributed by atoms with Gasteiger partial charge in [0.25, 0.3) is 5.82 Å². The maximum atomic E-state index is 2.63. The van der Waals surface area contributed by atoms with E-state index in [0.29, 0.717) is 0 Å². The van der Waals surface area contributed by atoms with Crippen molar-refractivity contribution in [2.75, 3.05) is 0 Å². The first kappa shape index (κ1) is 38.2. The third-order valence-electron chi connectivity index (χ3n) is 9.35. The SMILES string of the molecule is CCCCCCCCCCCCCCC[n+]1ccn(CCCCCCCCCC)c1CCCCCCCCCCC. The van der Waals surface area contributed by atoms with E-state index in [9.17, 15) is 0 Å². The third-order valence-corrected chi connectivity index (χ3v) is 9.35. The van der Waals surface area contributed by atoms with Crippen LogP contribution in [0, 0.1) is 0 Å². The number of nitrogens with zero attached hydrogens (tertiary/aromatic N) is 2. The molecule has 41 heavy (non-hydrogen) atoms. The van der Waals surface area contributed by atoms with Crippen molar-refractivity contribution in [3.63, 3.8) is 0 Å². The number of aromatic nitrogens is 2. The van der Waals surface area contributed by atoms with Gasteiger partial charge in [-0.25, -0.2) is 9.13 Å². The van der Waals surface area contributed by atoms with Gasteiger partial charge in [-0.2, -0.15) is 0 Å². The lowest BCUT2D eigenvalue weighted by Crippen LogP contribution is -2.37. The molecule has 2 nitrogen and oxygen atoms in total. The van der Waals surface area contributed by atoms with Crippen LogP contribution in [0.15, 0.2) is 12.4 Å². The molecule has 0 amide bonds. The largest absolute Gasteiger partial charge is 0.256 e. The van der Waals surface area contributed by atoms with Crippen LogP contribution >= 0.6 is 0 Å². The molecule has 0 aliphatic carbocycles. The minimum atomic E-state index is 1.23. The summed E-state index contributed by atoms with van der Waals surface area (Å²) in [5, 5.41) is 0. The molecule has 0 saturated carbocycles. The molecular formula is C39H77N2+. The van der Waals surface area contributed by atoms with Crippen LogP contribution in [-0.4, -0.2) is 4.57 Å². The Balaban J connectivity index is 2.29. The van der Waals surface area contributed by atoms with Gasteiger partial charge in [-0.15, -0.1) is 0 Å². The minimum Gasteiger partial charge on any atom is -0.234 e. The minimum absolute atomic E-state index is 1.23. The molecule has 0 bridgehead atoms. The van der Waals surface area contributed by atoms with Crippen molar-refractivity contribution in [2.24, 2.45) is 0 Å². The molecule has 0 spiro atoms. The molecule has 0 unspecified atom stereocenters. The molecule has 0 N–H and O–H groups in total. The van der Waals surface area contributed by atoms with Gasteiger partial charge in [0.2, 0.25) is 0 Å². The van der Waals surface area contributed by atoms with Gasteiger partial charge >= 0.3 is 0 Å². The number of aryl methyl sites for hydroxylation is 2. The smallest absolute Gasteiger partial charge is 0.234 e. The number of hydrogen-bond donors (Lipinski definition) is 0. The fraction of sp³-hybridized carbons (Fsp3) is 0.923. The zero-order valence-electron chi connectivity index (χ0n) is 28.9. The summed E-state index contributed by atoms with van der Waals surface area (Å²) in [5.74, 6) is 1.62. The Morgan fingerprint density at radius 1 is 0.415 bits per heavy atom. The lowest BCUT2D eigenvalue weighted by atomic mass is 10.0. The molecule has 0 aliphatic heterocycles. The van der Waals surface area contributed by atoms with Crippen molar-refractivity contribution in [1.29, 1.82) is 0 Å². The Bertz CT molecular complexity index is 634. The number of rotatable bonds is 33. The van der Waals surface area contributed by atoms with Crippen LogP contribution < -0.4 is 4.57 Å². The predicted molar refractivity (Wildman–Crippen MR) is 184 cm³/mol. The summed E-state index contributed by atoms with van der Waals surface area (Å²) in [6.07, 6.45) is 48.9. The molecule has 1 heterocycles. The predicted octanol–water partition coefficient (Wildman–Crippen LogP) is 13.1. The Morgan fingerprint density at radius 3 is 1.17 bits per heavy atom. The highest BCUT2D eigenvalue weighted by atomic mass is 15.1.